The Morgan fingerprint density at radius 3 is 2.85 bits per heavy atom. The molecule has 20 heavy (non-hydrogen) atoms. The summed E-state index contributed by atoms with van der Waals surface area (Å²) in [6.07, 6.45) is 9.01. The van der Waals surface area contributed by atoms with Gasteiger partial charge in [-0.05, 0) is 37.1 Å². The Balaban J connectivity index is 2.18. The fraction of sp³-hybridized carbons (Fsp3) is 0.267. The van der Waals surface area contributed by atoms with Crippen LogP contribution in [0.4, 0.5) is 0 Å². The fourth-order valence-corrected chi connectivity index (χ4v) is 3.23. The number of pyridine rings is 1. The molecular weight excluding hydrogens is 272 g/mol. The predicted molar refractivity (Wildman–Crippen MR) is 79.6 cm³/mol. The van der Waals surface area contributed by atoms with Gasteiger partial charge in [0.15, 0.2) is 0 Å². The average molecular weight is 288 g/mol. The highest BCUT2D eigenvalue weighted by atomic mass is 32.2. The van der Waals surface area contributed by atoms with Crippen LogP contribution >= 0.6 is 0 Å². The van der Waals surface area contributed by atoms with E-state index >= 15 is 0 Å². The highest BCUT2D eigenvalue weighted by molar-refractivity contribution is 7.89. The minimum Gasteiger partial charge on any atom is -0.256 e. The number of aromatic nitrogens is 1. The van der Waals surface area contributed by atoms with Gasteiger partial charge in [-0.2, -0.15) is 0 Å². The minimum absolute atomic E-state index is 0.264. The standard InChI is InChI=1S/C15H16N2O2S/c1-2-3-4-5-12-17-20(18,19)15-10-6-9-14-13(15)8-7-11-16-14/h1,6-11,17H,3-5,12H2. The Hall–Kier alpha value is -1.90. The zero-order valence-corrected chi connectivity index (χ0v) is 11.9. The van der Waals surface area contributed by atoms with E-state index in [4.69, 9.17) is 6.42 Å². The molecule has 1 heterocycles. The van der Waals surface area contributed by atoms with Crippen molar-refractivity contribution in [1.82, 2.24) is 9.71 Å². The summed E-state index contributed by atoms with van der Waals surface area (Å²) in [5, 5.41) is 0.631. The first kappa shape index (κ1) is 14.5. The van der Waals surface area contributed by atoms with Crippen molar-refractivity contribution in [2.24, 2.45) is 0 Å². The normalized spacial score (nSPS) is 11.3. The molecule has 0 atom stereocenters. The molecule has 0 aliphatic carbocycles. The smallest absolute Gasteiger partial charge is 0.241 e. The van der Waals surface area contributed by atoms with E-state index in [1.807, 2.05) is 0 Å². The van der Waals surface area contributed by atoms with Crippen LogP contribution in [-0.4, -0.2) is 19.9 Å². The van der Waals surface area contributed by atoms with Crippen molar-refractivity contribution in [2.45, 2.75) is 24.2 Å². The van der Waals surface area contributed by atoms with Crippen LogP contribution in [-0.2, 0) is 10.0 Å². The first-order valence-electron chi connectivity index (χ1n) is 6.42. The number of nitrogens with zero attached hydrogens (tertiary/aromatic N) is 1. The third-order valence-corrected chi connectivity index (χ3v) is 4.45. The van der Waals surface area contributed by atoms with Crippen molar-refractivity contribution in [3.8, 4) is 12.3 Å². The van der Waals surface area contributed by atoms with E-state index in [1.54, 1.807) is 36.5 Å². The molecule has 4 nitrogen and oxygen atoms in total. The summed E-state index contributed by atoms with van der Waals surface area (Å²) in [4.78, 5) is 4.43. The van der Waals surface area contributed by atoms with Gasteiger partial charge in [-0.15, -0.1) is 12.3 Å². The molecule has 0 amide bonds. The molecule has 5 heteroatoms. The summed E-state index contributed by atoms with van der Waals surface area (Å²) < 4.78 is 27.2. The molecule has 1 aromatic carbocycles. The summed E-state index contributed by atoms with van der Waals surface area (Å²) in [5.74, 6) is 2.54. The number of unbranched alkanes of at least 4 members (excludes halogenated alkanes) is 2. The number of nitrogens with one attached hydrogen (secondary N) is 1. The molecular formula is C15H16N2O2S. The molecule has 0 saturated heterocycles. The average Bonchev–Trinajstić information content (AvgIpc) is 2.46. The molecule has 0 unspecified atom stereocenters. The molecule has 0 saturated carbocycles. The molecule has 0 spiro atoms. The Bertz CT molecular complexity index is 728. The van der Waals surface area contributed by atoms with Crippen molar-refractivity contribution >= 4 is 20.9 Å². The van der Waals surface area contributed by atoms with Crippen molar-refractivity contribution in [1.29, 1.82) is 0 Å². The molecule has 2 aromatic rings. The molecule has 0 fully saturated rings. The van der Waals surface area contributed by atoms with Crippen LogP contribution in [0.15, 0.2) is 41.4 Å². The molecule has 1 aromatic heterocycles. The second-order valence-corrected chi connectivity index (χ2v) is 6.12. The zero-order valence-electron chi connectivity index (χ0n) is 11.0. The zero-order chi connectivity index (χ0) is 14.4. The maximum Gasteiger partial charge on any atom is 0.241 e. The SMILES string of the molecule is C#CCCCCNS(=O)(=O)c1cccc2ncccc12. The topological polar surface area (TPSA) is 59.1 Å². The third-order valence-electron chi connectivity index (χ3n) is 2.94. The van der Waals surface area contributed by atoms with Crippen molar-refractivity contribution < 1.29 is 8.42 Å². The van der Waals surface area contributed by atoms with Crippen molar-refractivity contribution in [3.63, 3.8) is 0 Å². The summed E-state index contributed by atoms with van der Waals surface area (Å²) >= 11 is 0. The largest absolute Gasteiger partial charge is 0.256 e. The van der Waals surface area contributed by atoms with Crippen LogP contribution < -0.4 is 4.72 Å². The number of sulfonamides is 1. The molecule has 2 rings (SSSR count). The van der Waals surface area contributed by atoms with E-state index in [2.05, 4.69) is 15.6 Å². The van der Waals surface area contributed by atoms with E-state index in [0.717, 1.165) is 12.8 Å². The first-order chi connectivity index (χ1) is 9.65. The van der Waals surface area contributed by atoms with E-state index in [0.29, 0.717) is 23.9 Å². The van der Waals surface area contributed by atoms with Crippen LogP contribution in [0.2, 0.25) is 0 Å². The fourth-order valence-electron chi connectivity index (χ4n) is 1.95. The molecule has 0 aliphatic rings. The lowest BCUT2D eigenvalue weighted by Gasteiger charge is -2.08. The molecule has 0 bridgehead atoms. The number of hydrogen-bond donors (Lipinski definition) is 1. The number of hydrogen-bond acceptors (Lipinski definition) is 3. The number of benzene rings is 1. The Morgan fingerprint density at radius 1 is 1.20 bits per heavy atom. The number of rotatable bonds is 6. The van der Waals surface area contributed by atoms with Gasteiger partial charge in [-0.1, -0.05) is 6.07 Å². The van der Waals surface area contributed by atoms with Crippen LogP contribution in [0.5, 0.6) is 0 Å². The van der Waals surface area contributed by atoms with Gasteiger partial charge in [0.25, 0.3) is 0 Å². The lowest BCUT2D eigenvalue weighted by atomic mass is 10.2. The van der Waals surface area contributed by atoms with Gasteiger partial charge in [0, 0.05) is 24.5 Å². The summed E-state index contributed by atoms with van der Waals surface area (Å²) in [7, 11) is -3.52. The van der Waals surface area contributed by atoms with Gasteiger partial charge < -0.3 is 0 Å². The Morgan fingerprint density at radius 2 is 2.05 bits per heavy atom. The van der Waals surface area contributed by atoms with Gasteiger partial charge in [-0.25, -0.2) is 13.1 Å². The Labute approximate surface area is 119 Å². The van der Waals surface area contributed by atoms with Gasteiger partial charge in [0.05, 0.1) is 10.4 Å². The number of fused-ring (bicyclic) bond motifs is 1. The summed E-state index contributed by atoms with van der Waals surface area (Å²) in [5.41, 5.74) is 0.669. The summed E-state index contributed by atoms with van der Waals surface area (Å²) in [6, 6.07) is 8.57. The van der Waals surface area contributed by atoms with Gasteiger partial charge in [-0.3, -0.25) is 4.98 Å². The molecule has 1 N–H and O–H groups in total. The predicted octanol–water partition coefficient (Wildman–Crippen LogP) is 2.32. The van der Waals surface area contributed by atoms with Crippen LogP contribution in [0.25, 0.3) is 10.9 Å². The second kappa shape index (κ2) is 6.51. The van der Waals surface area contributed by atoms with Crippen LogP contribution in [0.1, 0.15) is 19.3 Å². The van der Waals surface area contributed by atoms with Crippen molar-refractivity contribution in [3.05, 3.63) is 36.5 Å². The van der Waals surface area contributed by atoms with E-state index in [1.165, 1.54) is 0 Å². The monoisotopic (exact) mass is 288 g/mol. The maximum absolute atomic E-state index is 12.3. The van der Waals surface area contributed by atoms with E-state index in [9.17, 15) is 8.42 Å². The Kier molecular flexibility index (Phi) is 4.72. The van der Waals surface area contributed by atoms with E-state index < -0.39 is 10.0 Å². The van der Waals surface area contributed by atoms with Crippen LogP contribution in [0, 0.1) is 12.3 Å². The molecule has 0 aliphatic heterocycles. The van der Waals surface area contributed by atoms with Gasteiger partial charge >= 0.3 is 0 Å². The summed E-state index contributed by atoms with van der Waals surface area (Å²) in [6.45, 7) is 0.390. The lowest BCUT2D eigenvalue weighted by Crippen LogP contribution is -2.25. The number of terminal acetylenes is 1. The third kappa shape index (κ3) is 3.35. The molecule has 0 radical (unpaired) electrons. The maximum atomic E-state index is 12.3. The van der Waals surface area contributed by atoms with Gasteiger partial charge in [0.2, 0.25) is 10.0 Å². The highest BCUT2D eigenvalue weighted by Crippen LogP contribution is 2.20. The van der Waals surface area contributed by atoms with Crippen molar-refractivity contribution in [2.75, 3.05) is 6.54 Å². The van der Waals surface area contributed by atoms with Gasteiger partial charge in [0.1, 0.15) is 0 Å². The van der Waals surface area contributed by atoms with Crippen LogP contribution in [0.3, 0.4) is 0 Å². The molecule has 104 valence electrons. The highest BCUT2D eigenvalue weighted by Gasteiger charge is 2.16. The quantitative estimate of drug-likeness (QED) is 0.655. The minimum atomic E-state index is -3.52. The second-order valence-electron chi connectivity index (χ2n) is 4.39. The lowest BCUT2D eigenvalue weighted by molar-refractivity contribution is 0.578. The first-order valence-corrected chi connectivity index (χ1v) is 7.90. The van der Waals surface area contributed by atoms with E-state index in [-0.39, 0.29) is 4.90 Å².